The monoisotopic (exact) mass is 730 g/mol. The summed E-state index contributed by atoms with van der Waals surface area (Å²) in [6.45, 7) is -0.716. The van der Waals surface area contributed by atoms with Crippen LogP contribution < -0.4 is 9.47 Å². The molecule has 10 unspecified atom stereocenters. The zero-order chi connectivity index (χ0) is 35.9. The van der Waals surface area contributed by atoms with E-state index in [9.17, 15) is 32.1 Å². The van der Waals surface area contributed by atoms with Gasteiger partial charge in [0.1, 0.15) is 40.8 Å². The maximum Gasteiger partial charge on any atom is 0.344 e. The van der Waals surface area contributed by atoms with Gasteiger partial charge in [-0.1, -0.05) is 42.5 Å². The van der Waals surface area contributed by atoms with Crippen LogP contribution in [0, 0.1) is 35.5 Å². The number of hydrogen-bond donors (Lipinski definition) is 1. The largest absolute Gasteiger partial charge is 0.482 e. The molecule has 13 nitrogen and oxygen atoms in total. The van der Waals surface area contributed by atoms with Crippen LogP contribution >= 0.6 is 0 Å². The normalized spacial score (nSPS) is 31.7. The number of carbonyl (C=O) groups is 4. The Morgan fingerprint density at radius 2 is 1.08 bits per heavy atom. The number of hydrogen-bond acceptors (Lipinski definition) is 12. The summed E-state index contributed by atoms with van der Waals surface area (Å²) < 4.78 is 69.4. The van der Waals surface area contributed by atoms with Crippen LogP contribution in [0.3, 0.4) is 0 Å². The van der Waals surface area contributed by atoms with Crippen molar-refractivity contribution in [3.05, 3.63) is 66.7 Å². The maximum atomic E-state index is 12.8. The Labute approximate surface area is 298 Å². The minimum Gasteiger partial charge on any atom is -0.482 e. The van der Waals surface area contributed by atoms with Crippen molar-refractivity contribution < 1.29 is 60.6 Å². The molecule has 4 bridgehead atoms. The third-order valence-electron chi connectivity index (χ3n) is 11.7. The minimum atomic E-state index is -4.72. The summed E-state index contributed by atoms with van der Waals surface area (Å²) in [4.78, 5) is 48.9. The zero-order valence-corrected chi connectivity index (χ0v) is 28.4. The summed E-state index contributed by atoms with van der Waals surface area (Å²) in [5.41, 5.74) is 1.44. The molecule has 3 aromatic rings. The first-order chi connectivity index (χ1) is 25.0. The number of esters is 4. The van der Waals surface area contributed by atoms with E-state index < -0.39 is 34.3 Å². The van der Waals surface area contributed by atoms with E-state index in [2.05, 4.69) is 0 Å². The predicted octanol–water partition coefficient (Wildman–Crippen LogP) is 4.01. The van der Waals surface area contributed by atoms with Gasteiger partial charge in [-0.25, -0.2) is 9.59 Å². The minimum absolute atomic E-state index is 0.0786. The van der Waals surface area contributed by atoms with Gasteiger partial charge in [0.05, 0.1) is 11.8 Å². The van der Waals surface area contributed by atoms with Gasteiger partial charge in [0.25, 0.3) is 10.1 Å². The summed E-state index contributed by atoms with van der Waals surface area (Å²) in [6.07, 6.45) is 1.31. The fourth-order valence-corrected chi connectivity index (χ4v) is 10.4. The molecule has 2 saturated heterocycles. The summed E-state index contributed by atoms with van der Waals surface area (Å²) >= 11 is 0. The van der Waals surface area contributed by atoms with Crippen molar-refractivity contribution in [3.63, 3.8) is 0 Å². The van der Waals surface area contributed by atoms with E-state index in [-0.39, 0.29) is 88.9 Å². The van der Waals surface area contributed by atoms with Gasteiger partial charge in [0, 0.05) is 34.8 Å². The molecular weight excluding hydrogens is 696 g/mol. The third kappa shape index (κ3) is 5.59. The van der Waals surface area contributed by atoms with Crippen LogP contribution in [0.5, 0.6) is 11.5 Å². The smallest absolute Gasteiger partial charge is 0.344 e. The Morgan fingerprint density at radius 3 is 1.48 bits per heavy atom. The lowest BCUT2D eigenvalue weighted by molar-refractivity contribution is -0.163. The topological polar surface area (TPSA) is 178 Å². The first-order valence-corrected chi connectivity index (χ1v) is 18.8. The van der Waals surface area contributed by atoms with Crippen molar-refractivity contribution in [1.29, 1.82) is 0 Å². The van der Waals surface area contributed by atoms with Crippen molar-refractivity contribution >= 4 is 34.0 Å². The molecule has 4 saturated carbocycles. The van der Waals surface area contributed by atoms with Gasteiger partial charge in [-0.3, -0.25) is 14.1 Å². The van der Waals surface area contributed by atoms with E-state index in [1.807, 2.05) is 0 Å². The molecule has 14 heteroatoms. The average Bonchev–Trinajstić information content (AvgIpc) is 3.96. The molecule has 6 fully saturated rings. The molecule has 3 aromatic carbocycles. The Balaban J connectivity index is 0.834. The molecule has 52 heavy (non-hydrogen) atoms. The molecule has 1 N–H and O–H groups in total. The van der Waals surface area contributed by atoms with Crippen LogP contribution in [0.25, 0.3) is 22.3 Å². The fraction of sp³-hybridized carbons (Fsp3) is 0.421. The lowest BCUT2D eigenvalue weighted by Gasteiger charge is -2.25. The molecule has 10 atom stereocenters. The number of rotatable bonds is 11. The molecule has 0 spiro atoms. The van der Waals surface area contributed by atoms with E-state index in [4.69, 9.17) is 28.4 Å². The van der Waals surface area contributed by atoms with Gasteiger partial charge >= 0.3 is 23.9 Å². The molecule has 270 valence electrons. The average molecular weight is 731 g/mol. The number of benzene rings is 3. The molecule has 2 heterocycles. The van der Waals surface area contributed by atoms with Crippen molar-refractivity contribution in [2.24, 2.45) is 35.5 Å². The summed E-state index contributed by atoms with van der Waals surface area (Å²) in [6, 6.07) is 17.6. The van der Waals surface area contributed by atoms with E-state index >= 15 is 0 Å². The summed E-state index contributed by atoms with van der Waals surface area (Å²) in [7, 11) is -4.72. The molecule has 0 radical (unpaired) electrons. The molecule has 4 aliphatic carbocycles. The highest BCUT2D eigenvalue weighted by molar-refractivity contribution is 7.86. The van der Waals surface area contributed by atoms with Crippen molar-refractivity contribution in [2.45, 2.75) is 55.0 Å². The molecule has 0 aromatic heterocycles. The van der Waals surface area contributed by atoms with E-state index in [1.165, 1.54) is 0 Å². The van der Waals surface area contributed by atoms with Crippen LogP contribution in [-0.2, 0) is 48.2 Å². The molecule has 9 rings (SSSR count). The second-order valence-corrected chi connectivity index (χ2v) is 15.9. The lowest BCUT2D eigenvalue weighted by atomic mass is 9.88. The highest BCUT2D eigenvalue weighted by atomic mass is 32.2. The SMILES string of the molecule is O=C(COc1ccc(-c2cccc(-c3ccc(OCC(=O)OC4C5CC6C(=O)OC4C6C5)cc3)c2S(=O)(=O)O)cc1)OC1C2CC3C(=O)OC1C3C2. The first kappa shape index (κ1) is 32.9. The van der Waals surface area contributed by atoms with Crippen LogP contribution in [0.15, 0.2) is 71.6 Å². The molecular formula is C38H34O13S. The zero-order valence-electron chi connectivity index (χ0n) is 27.6. The lowest BCUT2D eigenvalue weighted by Crippen LogP contribution is -2.37. The molecule has 6 aliphatic rings. The highest BCUT2D eigenvalue weighted by Crippen LogP contribution is 2.56. The summed E-state index contributed by atoms with van der Waals surface area (Å²) in [5, 5.41) is 0. The number of carbonyl (C=O) groups excluding carboxylic acids is 4. The highest BCUT2D eigenvalue weighted by Gasteiger charge is 2.64. The number of fused-ring (bicyclic) bond motifs is 2. The summed E-state index contributed by atoms with van der Waals surface area (Å²) in [5.74, 6) is -0.571. The molecule has 2 aliphatic heterocycles. The van der Waals surface area contributed by atoms with Crippen LogP contribution in [0.1, 0.15) is 25.7 Å². The standard InChI is InChI=1S/C38H34O13S/c39-30(48-32-20-12-26-28(14-20)37(41)50-34(26)32)16-46-22-8-4-18(5-9-22)24-2-1-3-25(36(24)52(43,44)45)19-6-10-23(11-7-19)47-17-31(40)49-33-21-13-27-29(15-21)38(42)51-35(27)33/h1-11,20-21,26-29,32-35H,12-17H2,(H,43,44,45). The van der Waals surface area contributed by atoms with Crippen molar-refractivity contribution in [3.8, 4) is 33.8 Å². The fourth-order valence-electron chi connectivity index (χ4n) is 9.52. The van der Waals surface area contributed by atoms with Crippen molar-refractivity contribution in [1.82, 2.24) is 0 Å². The third-order valence-corrected chi connectivity index (χ3v) is 12.6. The predicted molar refractivity (Wildman–Crippen MR) is 177 cm³/mol. The van der Waals surface area contributed by atoms with E-state index in [0.717, 1.165) is 12.8 Å². The Bertz CT molecular complexity index is 1950. The van der Waals surface area contributed by atoms with E-state index in [1.54, 1.807) is 66.7 Å². The second-order valence-electron chi connectivity index (χ2n) is 14.5. The van der Waals surface area contributed by atoms with Gasteiger partial charge in [-0.05, 0) is 61.1 Å². The Kier molecular flexibility index (Phi) is 7.81. The van der Waals surface area contributed by atoms with Crippen LogP contribution in [0.2, 0.25) is 0 Å². The van der Waals surface area contributed by atoms with Gasteiger partial charge in [0.15, 0.2) is 13.2 Å². The van der Waals surface area contributed by atoms with Gasteiger partial charge in [0.2, 0.25) is 0 Å². The van der Waals surface area contributed by atoms with Crippen molar-refractivity contribution in [2.75, 3.05) is 13.2 Å². The molecule has 0 amide bonds. The first-order valence-electron chi connectivity index (χ1n) is 17.4. The Morgan fingerprint density at radius 1 is 0.654 bits per heavy atom. The second kappa shape index (κ2) is 12.3. The van der Waals surface area contributed by atoms with Crippen LogP contribution in [-0.4, -0.2) is 74.5 Å². The van der Waals surface area contributed by atoms with Gasteiger partial charge in [-0.15, -0.1) is 0 Å². The van der Waals surface area contributed by atoms with E-state index in [0.29, 0.717) is 35.5 Å². The quantitative estimate of drug-likeness (QED) is 0.170. The maximum absolute atomic E-state index is 12.8. The number of ether oxygens (including phenoxy) is 6. The van der Waals surface area contributed by atoms with Gasteiger partial charge < -0.3 is 28.4 Å². The van der Waals surface area contributed by atoms with Gasteiger partial charge in [-0.2, -0.15) is 8.42 Å². The Hall–Kier alpha value is -4.95. The van der Waals surface area contributed by atoms with Crippen LogP contribution in [0.4, 0.5) is 0 Å².